The van der Waals surface area contributed by atoms with Crippen LogP contribution in [0.4, 0.5) is 11.4 Å². The maximum absolute atomic E-state index is 13.3. The Hall–Kier alpha value is -2.56. The van der Waals surface area contributed by atoms with Crippen LogP contribution in [0.15, 0.2) is 24.3 Å². The maximum atomic E-state index is 13.3. The summed E-state index contributed by atoms with van der Waals surface area (Å²) in [5.74, 6) is -0.458. The Morgan fingerprint density at radius 1 is 1.23 bits per heavy atom. The first-order valence-electron chi connectivity index (χ1n) is 10.8. The van der Waals surface area contributed by atoms with Crippen molar-refractivity contribution in [1.29, 1.82) is 0 Å². The fourth-order valence-electron chi connectivity index (χ4n) is 3.99. The van der Waals surface area contributed by atoms with Crippen molar-refractivity contribution in [2.75, 3.05) is 25.0 Å². The first-order chi connectivity index (χ1) is 14.8. The third-order valence-electron chi connectivity index (χ3n) is 5.63. The molecule has 1 fully saturated rings. The van der Waals surface area contributed by atoms with Gasteiger partial charge in [0, 0.05) is 24.2 Å². The van der Waals surface area contributed by atoms with Crippen molar-refractivity contribution >= 4 is 23.2 Å². The number of amides is 2. The highest BCUT2D eigenvalue weighted by atomic mass is 16.6. The van der Waals surface area contributed by atoms with Gasteiger partial charge in [-0.25, -0.2) is 0 Å². The average molecular weight is 435 g/mol. The Balaban J connectivity index is 2.31. The average Bonchev–Trinajstić information content (AvgIpc) is 2.75. The van der Waals surface area contributed by atoms with Crippen molar-refractivity contribution in [3.8, 4) is 0 Å². The molecule has 0 spiro atoms. The second-order valence-corrected chi connectivity index (χ2v) is 8.05. The molecule has 1 aromatic carbocycles. The molecule has 1 unspecified atom stereocenters. The second-order valence-electron chi connectivity index (χ2n) is 8.05. The molecule has 0 radical (unpaired) electrons. The zero-order valence-electron chi connectivity index (χ0n) is 18.1. The molecule has 1 aromatic rings. The van der Waals surface area contributed by atoms with E-state index in [1.54, 1.807) is 4.90 Å². The van der Waals surface area contributed by atoms with Gasteiger partial charge in [0.1, 0.15) is 6.04 Å². The lowest BCUT2D eigenvalue weighted by Crippen LogP contribution is -2.66. The highest BCUT2D eigenvalue weighted by Crippen LogP contribution is 2.29. The lowest BCUT2D eigenvalue weighted by Gasteiger charge is -2.48. The highest BCUT2D eigenvalue weighted by Gasteiger charge is 2.42. The summed E-state index contributed by atoms with van der Waals surface area (Å²) in [7, 11) is 0. The monoisotopic (exact) mass is 434 g/mol. The van der Waals surface area contributed by atoms with Crippen LogP contribution in [0.25, 0.3) is 0 Å². The van der Waals surface area contributed by atoms with Crippen molar-refractivity contribution in [3.05, 3.63) is 34.4 Å². The number of piperidine rings is 1. The summed E-state index contributed by atoms with van der Waals surface area (Å²) >= 11 is 0. The number of nitro benzene ring substituents is 1. The maximum Gasteiger partial charge on any atom is 0.269 e. The van der Waals surface area contributed by atoms with Crippen molar-refractivity contribution in [2.45, 2.75) is 63.6 Å². The zero-order valence-corrected chi connectivity index (χ0v) is 18.1. The summed E-state index contributed by atoms with van der Waals surface area (Å²) in [5.41, 5.74) is 11.1. The molecule has 0 bridgehead atoms. The van der Waals surface area contributed by atoms with Gasteiger partial charge in [0.15, 0.2) is 0 Å². The quantitative estimate of drug-likeness (QED) is 0.305. The molecule has 10 nitrogen and oxygen atoms in total. The van der Waals surface area contributed by atoms with Gasteiger partial charge in [-0.2, -0.15) is 0 Å². The van der Waals surface area contributed by atoms with Crippen molar-refractivity contribution < 1.29 is 14.5 Å². The van der Waals surface area contributed by atoms with Crippen LogP contribution in [-0.2, 0) is 9.59 Å². The third kappa shape index (κ3) is 6.71. The molecule has 2 amide bonds. The largest absolute Gasteiger partial charge is 0.330 e. The van der Waals surface area contributed by atoms with Gasteiger partial charge >= 0.3 is 0 Å². The van der Waals surface area contributed by atoms with Crippen LogP contribution in [-0.4, -0.2) is 53.0 Å². The molecular formula is C21H34N6O4. The van der Waals surface area contributed by atoms with E-state index in [9.17, 15) is 19.7 Å². The van der Waals surface area contributed by atoms with Gasteiger partial charge < -0.3 is 21.7 Å². The summed E-state index contributed by atoms with van der Waals surface area (Å²) < 4.78 is 0. The van der Waals surface area contributed by atoms with Crippen molar-refractivity contribution in [1.82, 2.24) is 10.2 Å². The summed E-state index contributed by atoms with van der Waals surface area (Å²) in [5, 5.41) is 17.1. The molecule has 172 valence electrons. The van der Waals surface area contributed by atoms with E-state index < -0.39 is 16.6 Å². The number of carbonyl (C=O) groups is 2. The number of carbonyl (C=O) groups excluding carboxylic acids is 2. The molecule has 2 rings (SSSR count). The molecule has 1 aliphatic rings. The molecule has 6 N–H and O–H groups in total. The number of rotatable bonds is 11. The molecule has 0 aromatic heterocycles. The number of non-ortho nitro benzene ring substituents is 1. The van der Waals surface area contributed by atoms with E-state index >= 15 is 0 Å². The lowest BCUT2D eigenvalue weighted by molar-refractivity contribution is -0.384. The number of nitrogens with one attached hydrogen (secondary N) is 2. The predicted octanol–water partition coefficient (Wildman–Crippen LogP) is 1.70. The van der Waals surface area contributed by atoms with E-state index in [2.05, 4.69) is 10.6 Å². The van der Waals surface area contributed by atoms with Crippen LogP contribution in [0.3, 0.4) is 0 Å². The van der Waals surface area contributed by atoms with Gasteiger partial charge in [0.25, 0.3) is 5.69 Å². The van der Waals surface area contributed by atoms with Crippen LogP contribution < -0.4 is 22.1 Å². The van der Waals surface area contributed by atoms with Crippen LogP contribution >= 0.6 is 0 Å². The topological polar surface area (TPSA) is 157 Å². The minimum atomic E-state index is -0.723. The van der Waals surface area contributed by atoms with Gasteiger partial charge in [-0.3, -0.25) is 25.0 Å². The standard InChI is InChI=1S/C21H34N6O4/c1-21(12-2-3-15-24-21)26(19(28)7-5-14-23)18(6-4-13-22)20(29)25-16-8-10-17(11-9-16)27(30)31/h8-11,18,24H,2-7,12-15,22-23H2,1H3,(H,25,29)/t18-,21?/m0/s1. The Kier molecular flexibility index (Phi) is 9.35. The Morgan fingerprint density at radius 3 is 2.45 bits per heavy atom. The van der Waals surface area contributed by atoms with E-state index in [-0.39, 0.29) is 23.9 Å². The summed E-state index contributed by atoms with van der Waals surface area (Å²) in [6.45, 7) is 3.52. The first-order valence-corrected chi connectivity index (χ1v) is 10.8. The van der Waals surface area contributed by atoms with E-state index in [4.69, 9.17) is 11.5 Å². The van der Waals surface area contributed by atoms with Gasteiger partial charge in [-0.15, -0.1) is 0 Å². The van der Waals surface area contributed by atoms with Crippen LogP contribution in [0, 0.1) is 10.1 Å². The Morgan fingerprint density at radius 2 is 1.90 bits per heavy atom. The first kappa shape index (κ1) is 24.7. The number of nitrogens with two attached hydrogens (primary N) is 2. The molecule has 1 heterocycles. The predicted molar refractivity (Wildman–Crippen MR) is 119 cm³/mol. The molecule has 0 aliphatic carbocycles. The Labute approximate surface area is 182 Å². The Bertz CT molecular complexity index is 749. The lowest BCUT2D eigenvalue weighted by atomic mass is 9.93. The van der Waals surface area contributed by atoms with Gasteiger partial charge in [0.2, 0.25) is 11.8 Å². The summed E-state index contributed by atoms with van der Waals surface area (Å²) in [6, 6.07) is 4.91. The number of hydrogen-bond acceptors (Lipinski definition) is 7. The number of hydrogen-bond donors (Lipinski definition) is 4. The normalized spacial score (nSPS) is 19.5. The van der Waals surface area contributed by atoms with E-state index in [0.29, 0.717) is 38.0 Å². The smallest absolute Gasteiger partial charge is 0.269 e. The molecule has 0 saturated carbocycles. The summed E-state index contributed by atoms with van der Waals surface area (Å²) in [4.78, 5) is 38.6. The molecule has 1 saturated heterocycles. The molecular weight excluding hydrogens is 400 g/mol. The number of nitro groups is 1. The fraction of sp³-hybridized carbons (Fsp3) is 0.619. The zero-order chi connectivity index (χ0) is 22.9. The second kappa shape index (κ2) is 11.7. The molecule has 31 heavy (non-hydrogen) atoms. The van der Waals surface area contributed by atoms with Gasteiger partial charge in [-0.05, 0) is 77.2 Å². The van der Waals surface area contributed by atoms with Crippen LogP contribution in [0.2, 0.25) is 0 Å². The number of benzene rings is 1. The van der Waals surface area contributed by atoms with E-state index in [1.165, 1.54) is 24.3 Å². The van der Waals surface area contributed by atoms with Crippen molar-refractivity contribution in [3.63, 3.8) is 0 Å². The van der Waals surface area contributed by atoms with E-state index in [1.807, 2.05) is 6.92 Å². The number of nitrogens with zero attached hydrogens (tertiary/aromatic N) is 2. The third-order valence-corrected chi connectivity index (χ3v) is 5.63. The van der Waals surface area contributed by atoms with Crippen LogP contribution in [0.5, 0.6) is 0 Å². The van der Waals surface area contributed by atoms with Gasteiger partial charge in [0.05, 0.1) is 10.6 Å². The van der Waals surface area contributed by atoms with Crippen LogP contribution in [0.1, 0.15) is 51.9 Å². The minimum Gasteiger partial charge on any atom is -0.330 e. The highest BCUT2D eigenvalue weighted by molar-refractivity contribution is 5.97. The molecule has 10 heteroatoms. The van der Waals surface area contributed by atoms with Gasteiger partial charge in [-0.1, -0.05) is 0 Å². The minimum absolute atomic E-state index is 0.0600. The SMILES string of the molecule is CC1(N(C(=O)CCCN)[C@@H](CCCN)C(=O)Nc2ccc([N+](=O)[O-])cc2)CCCCN1. The molecule has 1 aliphatic heterocycles. The number of anilines is 1. The molecule has 2 atom stereocenters. The van der Waals surface area contributed by atoms with E-state index in [0.717, 1.165) is 25.8 Å². The summed E-state index contributed by atoms with van der Waals surface area (Å²) in [6.07, 6.45) is 4.51. The fourth-order valence-corrected chi connectivity index (χ4v) is 3.99. The van der Waals surface area contributed by atoms with Crippen molar-refractivity contribution in [2.24, 2.45) is 11.5 Å².